The molecule has 0 bridgehead atoms. The SMILES string of the molecule is CC(C)CC(NC(=O)C1CCCN1)C(=O)NC(Cc1ccc(O)cc1)C(=O)O. The lowest BCUT2D eigenvalue weighted by Crippen LogP contribution is -2.55. The van der Waals surface area contributed by atoms with Gasteiger partial charge in [0.2, 0.25) is 11.8 Å². The maximum absolute atomic E-state index is 12.7. The number of amides is 2. The van der Waals surface area contributed by atoms with Gasteiger partial charge in [0.15, 0.2) is 0 Å². The Morgan fingerprint density at radius 3 is 2.36 bits per heavy atom. The third-order valence-corrected chi connectivity index (χ3v) is 4.71. The van der Waals surface area contributed by atoms with E-state index in [0.29, 0.717) is 12.0 Å². The summed E-state index contributed by atoms with van der Waals surface area (Å²) in [6, 6.07) is 3.91. The number of phenols is 1. The second kappa shape index (κ2) is 10.1. The van der Waals surface area contributed by atoms with Gasteiger partial charge in [-0.1, -0.05) is 26.0 Å². The Morgan fingerprint density at radius 1 is 1.14 bits per heavy atom. The highest BCUT2D eigenvalue weighted by Gasteiger charge is 2.30. The van der Waals surface area contributed by atoms with E-state index >= 15 is 0 Å². The van der Waals surface area contributed by atoms with E-state index in [2.05, 4.69) is 16.0 Å². The average molecular weight is 391 g/mol. The first kappa shape index (κ1) is 21.7. The number of nitrogens with one attached hydrogen (secondary N) is 3. The van der Waals surface area contributed by atoms with Crippen molar-refractivity contribution in [1.82, 2.24) is 16.0 Å². The summed E-state index contributed by atoms with van der Waals surface area (Å²) in [6.45, 7) is 4.64. The standard InChI is InChI=1S/C20H29N3O5/c1-12(2)10-16(22-18(25)15-4-3-9-21-15)19(26)23-17(20(27)28)11-13-5-7-14(24)8-6-13/h5-8,12,15-17,21,24H,3-4,9-11H2,1-2H3,(H,22,25)(H,23,26)(H,27,28). The Hall–Kier alpha value is -2.61. The molecule has 2 amide bonds. The van der Waals surface area contributed by atoms with Gasteiger partial charge in [-0.2, -0.15) is 0 Å². The van der Waals surface area contributed by atoms with Gasteiger partial charge >= 0.3 is 5.97 Å². The van der Waals surface area contributed by atoms with Crippen LogP contribution in [0.3, 0.4) is 0 Å². The minimum absolute atomic E-state index is 0.0773. The fraction of sp³-hybridized carbons (Fsp3) is 0.550. The van der Waals surface area contributed by atoms with Crippen molar-refractivity contribution < 1.29 is 24.6 Å². The van der Waals surface area contributed by atoms with Gasteiger partial charge in [-0.05, 0) is 49.4 Å². The van der Waals surface area contributed by atoms with Gasteiger partial charge in [0, 0.05) is 6.42 Å². The largest absolute Gasteiger partial charge is 0.508 e. The summed E-state index contributed by atoms with van der Waals surface area (Å²) in [5.41, 5.74) is 0.671. The number of hydrogen-bond acceptors (Lipinski definition) is 5. The molecule has 0 radical (unpaired) electrons. The van der Waals surface area contributed by atoms with Crippen LogP contribution in [0.15, 0.2) is 24.3 Å². The molecule has 1 aromatic rings. The predicted molar refractivity (Wildman–Crippen MR) is 104 cm³/mol. The smallest absolute Gasteiger partial charge is 0.326 e. The first-order valence-electron chi connectivity index (χ1n) is 9.61. The van der Waals surface area contributed by atoms with Crippen LogP contribution < -0.4 is 16.0 Å². The third kappa shape index (κ3) is 6.53. The number of hydrogen-bond donors (Lipinski definition) is 5. The zero-order valence-electron chi connectivity index (χ0n) is 16.3. The molecule has 0 aromatic heterocycles. The number of carboxylic acid groups (broad SMARTS) is 1. The average Bonchev–Trinajstić information content (AvgIpc) is 3.16. The summed E-state index contributed by atoms with van der Waals surface area (Å²) in [5, 5.41) is 27.2. The summed E-state index contributed by atoms with van der Waals surface area (Å²) in [7, 11) is 0. The zero-order chi connectivity index (χ0) is 20.7. The number of carbonyl (C=O) groups excluding carboxylic acids is 2. The normalized spacial score (nSPS) is 18.5. The van der Waals surface area contributed by atoms with Crippen molar-refractivity contribution in [2.45, 2.75) is 57.7 Å². The molecule has 0 aliphatic carbocycles. The molecular weight excluding hydrogens is 362 g/mol. The highest BCUT2D eigenvalue weighted by molar-refractivity contribution is 5.92. The second-order valence-corrected chi connectivity index (χ2v) is 7.61. The van der Waals surface area contributed by atoms with E-state index in [1.54, 1.807) is 12.1 Å². The van der Waals surface area contributed by atoms with E-state index in [0.717, 1.165) is 19.4 Å². The first-order chi connectivity index (χ1) is 13.3. The van der Waals surface area contributed by atoms with Crippen molar-refractivity contribution in [3.8, 4) is 5.75 Å². The fourth-order valence-electron chi connectivity index (χ4n) is 3.22. The molecule has 1 aliphatic rings. The van der Waals surface area contributed by atoms with Crippen LogP contribution in [0, 0.1) is 5.92 Å². The van der Waals surface area contributed by atoms with E-state index in [1.807, 2.05) is 13.8 Å². The summed E-state index contributed by atoms with van der Waals surface area (Å²) in [5.74, 6) is -1.67. The fourth-order valence-corrected chi connectivity index (χ4v) is 3.22. The van der Waals surface area contributed by atoms with E-state index in [-0.39, 0.29) is 30.0 Å². The quantitative estimate of drug-likeness (QED) is 0.423. The minimum Gasteiger partial charge on any atom is -0.508 e. The molecule has 8 heteroatoms. The van der Waals surface area contributed by atoms with Gasteiger partial charge in [0.1, 0.15) is 17.8 Å². The van der Waals surface area contributed by atoms with Gasteiger partial charge in [-0.3, -0.25) is 9.59 Å². The first-order valence-corrected chi connectivity index (χ1v) is 9.61. The number of phenolic OH excluding ortho intramolecular Hbond substituents is 1. The van der Waals surface area contributed by atoms with Gasteiger partial charge in [0.25, 0.3) is 0 Å². The molecular formula is C20H29N3O5. The Morgan fingerprint density at radius 2 is 1.82 bits per heavy atom. The van der Waals surface area contributed by atoms with Crippen molar-refractivity contribution in [2.24, 2.45) is 5.92 Å². The van der Waals surface area contributed by atoms with E-state index in [9.17, 15) is 24.6 Å². The number of carbonyl (C=O) groups is 3. The van der Waals surface area contributed by atoms with Crippen LogP contribution >= 0.6 is 0 Å². The molecule has 1 heterocycles. The van der Waals surface area contributed by atoms with Crippen LogP contribution in [0.5, 0.6) is 5.75 Å². The summed E-state index contributed by atoms with van der Waals surface area (Å²) < 4.78 is 0. The summed E-state index contributed by atoms with van der Waals surface area (Å²) in [6.07, 6.45) is 2.12. The summed E-state index contributed by atoms with van der Waals surface area (Å²) >= 11 is 0. The Balaban J connectivity index is 2.04. The van der Waals surface area contributed by atoms with Gasteiger partial charge in [0.05, 0.1) is 6.04 Å². The van der Waals surface area contributed by atoms with Crippen LogP contribution in [-0.4, -0.2) is 52.7 Å². The molecule has 1 saturated heterocycles. The van der Waals surface area contributed by atoms with Crippen molar-refractivity contribution in [3.05, 3.63) is 29.8 Å². The number of benzene rings is 1. The highest BCUT2D eigenvalue weighted by Crippen LogP contribution is 2.13. The van der Waals surface area contributed by atoms with Crippen LogP contribution in [0.25, 0.3) is 0 Å². The maximum atomic E-state index is 12.7. The molecule has 0 saturated carbocycles. The second-order valence-electron chi connectivity index (χ2n) is 7.61. The van der Waals surface area contributed by atoms with E-state index < -0.39 is 24.0 Å². The molecule has 1 aliphatic heterocycles. The predicted octanol–water partition coefficient (Wildman–Crippen LogP) is 0.787. The van der Waals surface area contributed by atoms with Gasteiger partial charge in [-0.15, -0.1) is 0 Å². The number of carboxylic acids is 1. The molecule has 1 aromatic carbocycles. The van der Waals surface area contributed by atoms with Crippen LogP contribution in [0.4, 0.5) is 0 Å². The lowest BCUT2D eigenvalue weighted by Gasteiger charge is -2.24. The number of aromatic hydroxyl groups is 1. The van der Waals surface area contributed by atoms with Crippen LogP contribution in [0.2, 0.25) is 0 Å². The monoisotopic (exact) mass is 391 g/mol. The number of rotatable bonds is 9. The molecule has 28 heavy (non-hydrogen) atoms. The lowest BCUT2D eigenvalue weighted by atomic mass is 10.0. The van der Waals surface area contributed by atoms with Crippen molar-refractivity contribution in [3.63, 3.8) is 0 Å². The summed E-state index contributed by atoms with van der Waals surface area (Å²) in [4.78, 5) is 36.8. The third-order valence-electron chi connectivity index (χ3n) is 4.71. The highest BCUT2D eigenvalue weighted by atomic mass is 16.4. The number of aliphatic carboxylic acids is 1. The Kier molecular flexibility index (Phi) is 7.80. The molecule has 3 unspecified atom stereocenters. The van der Waals surface area contributed by atoms with Crippen LogP contribution in [-0.2, 0) is 20.8 Å². The van der Waals surface area contributed by atoms with E-state index in [4.69, 9.17) is 0 Å². The maximum Gasteiger partial charge on any atom is 0.326 e. The topological polar surface area (TPSA) is 128 Å². The minimum atomic E-state index is -1.16. The lowest BCUT2D eigenvalue weighted by molar-refractivity contribution is -0.142. The van der Waals surface area contributed by atoms with E-state index in [1.165, 1.54) is 12.1 Å². The molecule has 8 nitrogen and oxygen atoms in total. The molecule has 0 spiro atoms. The Bertz CT molecular complexity index is 684. The zero-order valence-corrected chi connectivity index (χ0v) is 16.3. The molecule has 3 atom stereocenters. The molecule has 5 N–H and O–H groups in total. The molecule has 1 fully saturated rings. The van der Waals surface area contributed by atoms with Crippen molar-refractivity contribution in [2.75, 3.05) is 6.54 Å². The molecule has 154 valence electrons. The van der Waals surface area contributed by atoms with Crippen molar-refractivity contribution in [1.29, 1.82) is 0 Å². The van der Waals surface area contributed by atoms with Crippen LogP contribution in [0.1, 0.15) is 38.7 Å². The van der Waals surface area contributed by atoms with Gasteiger partial charge < -0.3 is 26.2 Å². The van der Waals surface area contributed by atoms with Gasteiger partial charge in [-0.25, -0.2) is 4.79 Å². The Labute approximate surface area is 164 Å². The molecule has 2 rings (SSSR count). The van der Waals surface area contributed by atoms with Crippen molar-refractivity contribution >= 4 is 17.8 Å².